The van der Waals surface area contributed by atoms with Gasteiger partial charge in [0.05, 0.1) is 24.1 Å². The van der Waals surface area contributed by atoms with E-state index in [4.69, 9.17) is 17.4 Å². The molecule has 1 unspecified atom stereocenters. The average molecular weight is 416 g/mol. The Morgan fingerprint density at radius 1 is 1.39 bits per heavy atom. The number of hydrogen-bond donors (Lipinski definition) is 2. The van der Waals surface area contributed by atoms with Crippen LogP contribution in [0.4, 0.5) is 0 Å². The average Bonchev–Trinajstić information content (AvgIpc) is 3.39. The van der Waals surface area contributed by atoms with Crippen molar-refractivity contribution in [2.75, 3.05) is 18.2 Å². The molecule has 0 radical (unpaired) electrons. The van der Waals surface area contributed by atoms with Gasteiger partial charge in [0.25, 0.3) is 0 Å². The quantitative estimate of drug-likeness (QED) is 0.331. The van der Waals surface area contributed by atoms with Crippen molar-refractivity contribution in [3.05, 3.63) is 41.0 Å². The van der Waals surface area contributed by atoms with Crippen LogP contribution in [0.5, 0.6) is 0 Å². The number of nitrogens with one attached hydrogen (secondary N) is 1. The van der Waals surface area contributed by atoms with Crippen molar-refractivity contribution in [2.45, 2.75) is 24.9 Å². The van der Waals surface area contributed by atoms with Gasteiger partial charge in [0.1, 0.15) is 11.8 Å². The van der Waals surface area contributed by atoms with Gasteiger partial charge in [-0.2, -0.15) is 0 Å². The molecule has 1 amide bonds. The molecule has 2 saturated heterocycles. The first kappa shape index (κ1) is 19.3. The molecule has 0 bridgehead atoms. The predicted octanol–water partition coefficient (Wildman–Crippen LogP) is 1.90. The molecule has 0 saturated carbocycles. The van der Waals surface area contributed by atoms with E-state index >= 15 is 0 Å². The fraction of sp³-hybridized carbons (Fsp3) is 0.400. The van der Waals surface area contributed by atoms with Gasteiger partial charge in [0.2, 0.25) is 5.91 Å². The number of allylic oxidation sites excluding steroid dienone is 1. The summed E-state index contributed by atoms with van der Waals surface area (Å²) in [6.07, 6.45) is 4.51. The minimum Gasteiger partial charge on any atom is -0.411 e. The first-order valence-corrected chi connectivity index (χ1v) is 10.8. The molecule has 8 heteroatoms. The van der Waals surface area contributed by atoms with E-state index in [-0.39, 0.29) is 17.7 Å². The number of carbonyl (C=O) groups excluding carboxylic acids is 2. The number of benzene rings is 1. The molecular formula is C20H21N3O3S2. The van der Waals surface area contributed by atoms with Crippen molar-refractivity contribution < 1.29 is 14.8 Å². The number of fused-ring (bicyclic) bond motifs is 1. The van der Waals surface area contributed by atoms with Crippen LogP contribution in [0.25, 0.3) is 6.08 Å². The van der Waals surface area contributed by atoms with Gasteiger partial charge in [-0.3, -0.25) is 9.59 Å². The lowest BCUT2D eigenvalue weighted by Gasteiger charge is -2.26. The summed E-state index contributed by atoms with van der Waals surface area (Å²) in [6, 6.07) is 7.21. The number of nitrogens with zero attached hydrogens (tertiary/aromatic N) is 2. The Bertz CT molecular complexity index is 883. The maximum Gasteiger partial charge on any atom is 0.242 e. The van der Waals surface area contributed by atoms with Crippen molar-refractivity contribution in [1.29, 1.82) is 0 Å². The molecule has 3 atom stereocenters. The monoisotopic (exact) mass is 415 g/mol. The van der Waals surface area contributed by atoms with Gasteiger partial charge in [-0.25, -0.2) is 0 Å². The Morgan fingerprint density at radius 3 is 3.00 bits per heavy atom. The number of oxime groups is 1. The van der Waals surface area contributed by atoms with Crippen LogP contribution >= 0.6 is 24.0 Å². The molecule has 1 aliphatic carbocycles. The number of ketones is 1. The third-order valence-electron chi connectivity index (χ3n) is 5.46. The lowest BCUT2D eigenvalue weighted by molar-refractivity contribution is -0.135. The topological polar surface area (TPSA) is 82.0 Å². The van der Waals surface area contributed by atoms with Gasteiger partial charge in [0.15, 0.2) is 0 Å². The molecule has 2 heterocycles. The molecule has 6 nitrogen and oxygen atoms in total. The van der Waals surface area contributed by atoms with E-state index in [9.17, 15) is 9.59 Å². The van der Waals surface area contributed by atoms with E-state index in [2.05, 4.69) is 28.7 Å². The number of Topliss-reactive ketones (excluding diaryl/α,β-unsaturated/α-hetero) is 1. The number of hydrogen-bond acceptors (Lipinski definition) is 7. The summed E-state index contributed by atoms with van der Waals surface area (Å²) < 4.78 is 0. The summed E-state index contributed by atoms with van der Waals surface area (Å²) in [6.45, 7) is 0.390. The SMILES string of the molecule is O=C(CC1=Cc2ccccc2C1)C1C(=S)CN[C@@H]1C(=O)N1CSC[C@H]1C=NO. The highest BCUT2D eigenvalue weighted by Gasteiger charge is 2.44. The first-order chi connectivity index (χ1) is 13.6. The van der Waals surface area contributed by atoms with Crippen LogP contribution in [0.3, 0.4) is 0 Å². The van der Waals surface area contributed by atoms with Crippen molar-refractivity contribution in [2.24, 2.45) is 11.1 Å². The smallest absolute Gasteiger partial charge is 0.242 e. The van der Waals surface area contributed by atoms with Crippen molar-refractivity contribution in [3.63, 3.8) is 0 Å². The molecule has 2 fully saturated rings. The standard InChI is InChI=1S/C20H21N3O3S2/c24-16(7-12-5-13-3-1-2-4-14(13)6-12)18-17(27)9-21-19(18)20(25)23-11-28-10-15(23)8-22-26/h1-5,8,15,18-19,21,26H,6-7,9-11H2/t15-,18?,19+/m1/s1. The van der Waals surface area contributed by atoms with Gasteiger partial charge >= 0.3 is 0 Å². The molecule has 0 spiro atoms. The van der Waals surface area contributed by atoms with E-state index in [0.717, 1.165) is 17.6 Å². The van der Waals surface area contributed by atoms with Crippen molar-refractivity contribution in [3.8, 4) is 0 Å². The van der Waals surface area contributed by atoms with Crippen LogP contribution in [0, 0.1) is 5.92 Å². The van der Waals surface area contributed by atoms with E-state index in [1.165, 1.54) is 11.8 Å². The van der Waals surface area contributed by atoms with Gasteiger partial charge in [-0.15, -0.1) is 11.8 Å². The summed E-state index contributed by atoms with van der Waals surface area (Å²) in [7, 11) is 0. The summed E-state index contributed by atoms with van der Waals surface area (Å²) >= 11 is 7.03. The van der Waals surface area contributed by atoms with Gasteiger partial charge in [0, 0.05) is 23.6 Å². The largest absolute Gasteiger partial charge is 0.411 e. The minimum atomic E-state index is -0.641. The molecule has 2 N–H and O–H groups in total. The first-order valence-electron chi connectivity index (χ1n) is 9.20. The number of carbonyl (C=O) groups is 2. The number of rotatable bonds is 5. The highest BCUT2D eigenvalue weighted by Crippen LogP contribution is 2.30. The zero-order valence-electron chi connectivity index (χ0n) is 15.2. The maximum absolute atomic E-state index is 13.1. The summed E-state index contributed by atoms with van der Waals surface area (Å²) in [5, 5.41) is 15.0. The van der Waals surface area contributed by atoms with Gasteiger partial charge in [-0.1, -0.05) is 53.3 Å². The number of amides is 1. The molecule has 2 aliphatic heterocycles. The normalized spacial score (nSPS) is 26.7. The summed E-state index contributed by atoms with van der Waals surface area (Å²) in [5.74, 6) is 0.436. The highest BCUT2D eigenvalue weighted by atomic mass is 32.2. The van der Waals surface area contributed by atoms with E-state index in [1.54, 1.807) is 16.7 Å². The third-order valence-corrected chi connectivity index (χ3v) is 6.90. The van der Waals surface area contributed by atoms with Crippen LogP contribution in [0.1, 0.15) is 17.5 Å². The fourth-order valence-corrected chi connectivity index (χ4v) is 5.56. The Morgan fingerprint density at radius 2 is 2.21 bits per heavy atom. The molecule has 28 heavy (non-hydrogen) atoms. The summed E-state index contributed by atoms with van der Waals surface area (Å²) in [5.41, 5.74) is 3.45. The van der Waals surface area contributed by atoms with Crippen LogP contribution in [-0.2, 0) is 16.0 Å². The Labute approximate surface area is 173 Å². The van der Waals surface area contributed by atoms with Crippen LogP contribution in [0.2, 0.25) is 0 Å². The van der Waals surface area contributed by atoms with E-state index < -0.39 is 12.0 Å². The lowest BCUT2D eigenvalue weighted by atomic mass is 9.90. The molecule has 146 valence electrons. The van der Waals surface area contributed by atoms with Crippen LogP contribution < -0.4 is 5.32 Å². The van der Waals surface area contributed by atoms with Gasteiger partial charge < -0.3 is 15.4 Å². The predicted molar refractivity (Wildman–Crippen MR) is 114 cm³/mol. The second kappa shape index (κ2) is 8.14. The van der Waals surface area contributed by atoms with E-state index in [0.29, 0.717) is 29.5 Å². The van der Waals surface area contributed by atoms with Gasteiger partial charge in [-0.05, 0) is 17.5 Å². The number of thioether (sulfide) groups is 1. The second-order valence-corrected chi connectivity index (χ2v) is 8.79. The Balaban J connectivity index is 1.47. The van der Waals surface area contributed by atoms with Crippen molar-refractivity contribution >= 4 is 52.8 Å². The molecular weight excluding hydrogens is 394 g/mol. The van der Waals surface area contributed by atoms with E-state index in [1.807, 2.05) is 12.1 Å². The fourth-order valence-electron chi connectivity index (χ4n) is 4.08. The third kappa shape index (κ3) is 3.64. The second-order valence-electron chi connectivity index (χ2n) is 7.26. The molecule has 0 aromatic heterocycles. The summed E-state index contributed by atoms with van der Waals surface area (Å²) in [4.78, 5) is 28.4. The Hall–Kier alpha value is -2.03. The van der Waals surface area contributed by atoms with Crippen LogP contribution in [0.15, 0.2) is 35.0 Å². The zero-order valence-corrected chi connectivity index (χ0v) is 16.8. The zero-order chi connectivity index (χ0) is 19.7. The minimum absolute atomic E-state index is 0.00775. The van der Waals surface area contributed by atoms with Crippen LogP contribution in [-0.4, -0.2) is 63.1 Å². The maximum atomic E-state index is 13.1. The molecule has 1 aromatic rings. The molecule has 3 aliphatic rings. The van der Waals surface area contributed by atoms with Crippen molar-refractivity contribution in [1.82, 2.24) is 10.2 Å². The molecule has 1 aromatic carbocycles. The highest BCUT2D eigenvalue weighted by molar-refractivity contribution is 7.99. The lowest BCUT2D eigenvalue weighted by Crippen LogP contribution is -2.50. The Kier molecular flexibility index (Phi) is 5.61. The molecule has 4 rings (SSSR count). The number of thiocarbonyl (C=S) groups is 1.